The Hall–Kier alpha value is -1.46. The van der Waals surface area contributed by atoms with Gasteiger partial charge in [0, 0.05) is 19.3 Å². The highest BCUT2D eigenvalue weighted by Crippen LogP contribution is 2.13. The molecule has 0 aromatic carbocycles. The molecule has 98 valence electrons. The van der Waals surface area contributed by atoms with E-state index in [1.807, 2.05) is 0 Å². The average molecular weight is 251 g/mol. The largest absolute Gasteiger partial charge is 0.490 e. The summed E-state index contributed by atoms with van der Waals surface area (Å²) in [6.45, 7) is 8.73. The van der Waals surface area contributed by atoms with Crippen LogP contribution in [0.3, 0.4) is 0 Å². The summed E-state index contributed by atoms with van der Waals surface area (Å²) in [6.07, 6.45) is -0.626. The van der Waals surface area contributed by atoms with Gasteiger partial charge in [0.05, 0.1) is 0 Å². The van der Waals surface area contributed by atoms with Crippen LogP contribution in [0, 0.1) is 0 Å². The Kier molecular flexibility index (Phi) is 5.78. The van der Waals surface area contributed by atoms with Gasteiger partial charge in [0.25, 0.3) is 0 Å². The number of alkyl halides is 3. The Morgan fingerprint density at radius 3 is 2.24 bits per heavy atom. The molecule has 1 aliphatic rings. The number of carboxylic acids is 1. The maximum absolute atomic E-state index is 10.6. The lowest BCUT2D eigenvalue weighted by molar-refractivity contribution is -0.192. The minimum absolute atomic E-state index is 1.10. The average Bonchev–Trinajstić information content (AvgIpc) is 2.15. The van der Waals surface area contributed by atoms with E-state index in [4.69, 9.17) is 9.90 Å². The van der Waals surface area contributed by atoms with Crippen LogP contribution in [-0.2, 0) is 4.79 Å². The molecule has 0 atom stereocenters. The van der Waals surface area contributed by atoms with Gasteiger partial charge in [-0.15, -0.1) is 0 Å². The molecule has 0 saturated heterocycles. The van der Waals surface area contributed by atoms with Crippen molar-refractivity contribution in [1.29, 1.82) is 0 Å². The lowest BCUT2D eigenvalue weighted by Crippen LogP contribution is -2.21. The van der Waals surface area contributed by atoms with E-state index in [1.54, 1.807) is 0 Å². The Labute approximate surface area is 98.2 Å². The zero-order valence-corrected chi connectivity index (χ0v) is 10.0. The van der Waals surface area contributed by atoms with Gasteiger partial charge in [-0.25, -0.2) is 4.79 Å². The second-order valence-corrected chi connectivity index (χ2v) is 3.73. The molecule has 1 N–H and O–H groups in total. The fourth-order valence-electron chi connectivity index (χ4n) is 1.33. The monoisotopic (exact) mass is 251 g/mol. The molecule has 0 aromatic heterocycles. The smallest absolute Gasteiger partial charge is 0.475 e. The number of allylic oxidation sites excluding steroid dienone is 2. The van der Waals surface area contributed by atoms with E-state index < -0.39 is 12.1 Å². The van der Waals surface area contributed by atoms with Gasteiger partial charge in [-0.2, -0.15) is 13.2 Å². The van der Waals surface area contributed by atoms with E-state index in [2.05, 4.69) is 37.9 Å². The summed E-state index contributed by atoms with van der Waals surface area (Å²) < 4.78 is 31.7. The Bertz CT molecular complexity index is 332. The highest BCUT2D eigenvalue weighted by atomic mass is 19.4. The van der Waals surface area contributed by atoms with Crippen molar-refractivity contribution in [3.8, 4) is 0 Å². The van der Waals surface area contributed by atoms with E-state index >= 15 is 0 Å². The Balaban J connectivity index is 0.000000325. The normalized spacial score (nSPS) is 15.5. The van der Waals surface area contributed by atoms with Gasteiger partial charge >= 0.3 is 12.1 Å². The molecule has 6 heteroatoms. The van der Waals surface area contributed by atoms with Crippen LogP contribution in [0.4, 0.5) is 13.2 Å². The van der Waals surface area contributed by atoms with E-state index in [0.29, 0.717) is 0 Å². The third-order valence-electron chi connectivity index (χ3n) is 1.96. The van der Waals surface area contributed by atoms with Gasteiger partial charge in [0.1, 0.15) is 0 Å². The molecule has 0 bridgehead atoms. The number of hydrogen-bond acceptors (Lipinski definition) is 2. The molecular formula is C11H16F3NO2. The maximum Gasteiger partial charge on any atom is 0.490 e. The van der Waals surface area contributed by atoms with Gasteiger partial charge < -0.3 is 10.0 Å². The van der Waals surface area contributed by atoms with Crippen LogP contribution < -0.4 is 0 Å². The molecule has 0 unspecified atom stereocenters. The number of likely N-dealkylation sites (N-methyl/N-ethyl adjacent to an activating group) is 1. The standard InChI is InChI=1S/C9H15N.C2HF3O2/c1-4-10-6-8(2)5-9(3)7-10;3-2(4,5)1(6)7/h5-6H,4,7H2,1-3H3;(H,6,7). The molecule has 17 heavy (non-hydrogen) atoms. The summed E-state index contributed by atoms with van der Waals surface area (Å²) in [4.78, 5) is 11.2. The van der Waals surface area contributed by atoms with Crippen molar-refractivity contribution >= 4 is 5.97 Å². The van der Waals surface area contributed by atoms with E-state index in [9.17, 15) is 13.2 Å². The summed E-state index contributed by atoms with van der Waals surface area (Å²) in [5.74, 6) is -2.76. The van der Waals surface area contributed by atoms with Gasteiger partial charge in [0.2, 0.25) is 0 Å². The second kappa shape index (κ2) is 6.32. The van der Waals surface area contributed by atoms with E-state index in [0.717, 1.165) is 13.1 Å². The molecule has 3 nitrogen and oxygen atoms in total. The molecule has 1 aliphatic heterocycles. The molecule has 0 fully saturated rings. The van der Waals surface area contributed by atoms with Crippen LogP contribution >= 0.6 is 0 Å². The molecule has 0 saturated carbocycles. The number of hydrogen-bond donors (Lipinski definition) is 1. The molecule has 0 radical (unpaired) electrons. The van der Waals surface area contributed by atoms with E-state index in [1.165, 1.54) is 11.1 Å². The third kappa shape index (κ3) is 6.65. The van der Waals surface area contributed by atoms with Crippen molar-refractivity contribution in [1.82, 2.24) is 4.90 Å². The highest BCUT2D eigenvalue weighted by molar-refractivity contribution is 5.73. The third-order valence-corrected chi connectivity index (χ3v) is 1.96. The van der Waals surface area contributed by atoms with Crippen molar-refractivity contribution in [3.63, 3.8) is 0 Å². The van der Waals surface area contributed by atoms with Crippen LogP contribution in [0.5, 0.6) is 0 Å². The summed E-state index contributed by atoms with van der Waals surface area (Å²) in [7, 11) is 0. The van der Waals surface area contributed by atoms with Crippen molar-refractivity contribution in [3.05, 3.63) is 23.4 Å². The fourth-order valence-corrected chi connectivity index (χ4v) is 1.33. The number of halogens is 3. The quantitative estimate of drug-likeness (QED) is 0.779. The summed E-state index contributed by atoms with van der Waals surface area (Å²) >= 11 is 0. The SMILES string of the molecule is CCN1C=C(C)C=C(C)C1.O=C(O)C(F)(F)F. The topological polar surface area (TPSA) is 40.5 Å². The Morgan fingerprint density at radius 2 is 1.94 bits per heavy atom. The number of carboxylic acid groups (broad SMARTS) is 1. The van der Waals surface area contributed by atoms with Crippen molar-refractivity contribution in [2.45, 2.75) is 26.9 Å². The van der Waals surface area contributed by atoms with Crippen LogP contribution in [0.1, 0.15) is 20.8 Å². The van der Waals surface area contributed by atoms with Gasteiger partial charge in [-0.05, 0) is 26.3 Å². The number of aliphatic carboxylic acids is 1. The molecule has 0 aromatic rings. The molecule has 1 heterocycles. The van der Waals surface area contributed by atoms with Crippen molar-refractivity contribution in [2.75, 3.05) is 13.1 Å². The summed E-state index contributed by atoms with van der Waals surface area (Å²) in [5.41, 5.74) is 2.83. The first-order valence-electron chi connectivity index (χ1n) is 5.06. The summed E-state index contributed by atoms with van der Waals surface area (Å²) in [5, 5.41) is 7.12. The zero-order chi connectivity index (χ0) is 13.6. The minimum atomic E-state index is -5.08. The predicted octanol–water partition coefficient (Wildman–Crippen LogP) is 2.81. The number of nitrogens with zero attached hydrogens (tertiary/aromatic N) is 1. The Morgan fingerprint density at radius 1 is 1.47 bits per heavy atom. The highest BCUT2D eigenvalue weighted by Gasteiger charge is 2.38. The van der Waals surface area contributed by atoms with Crippen molar-refractivity contribution < 1.29 is 23.1 Å². The maximum atomic E-state index is 10.6. The van der Waals surface area contributed by atoms with Gasteiger partial charge in [0.15, 0.2) is 0 Å². The summed E-state index contributed by atoms with van der Waals surface area (Å²) in [6, 6.07) is 0. The first-order chi connectivity index (χ1) is 7.66. The lowest BCUT2D eigenvalue weighted by Gasteiger charge is -2.23. The predicted molar refractivity (Wildman–Crippen MR) is 58.5 cm³/mol. The first-order valence-corrected chi connectivity index (χ1v) is 5.06. The van der Waals surface area contributed by atoms with Gasteiger partial charge in [-0.3, -0.25) is 0 Å². The molecule has 0 aliphatic carbocycles. The molecule has 1 rings (SSSR count). The molecule has 0 spiro atoms. The number of carbonyl (C=O) groups is 1. The van der Waals surface area contributed by atoms with Gasteiger partial charge in [-0.1, -0.05) is 11.6 Å². The van der Waals surface area contributed by atoms with Crippen molar-refractivity contribution in [2.24, 2.45) is 0 Å². The number of rotatable bonds is 1. The molecular weight excluding hydrogens is 235 g/mol. The van der Waals surface area contributed by atoms with Crippen LogP contribution in [0.15, 0.2) is 23.4 Å². The molecule has 0 amide bonds. The fraction of sp³-hybridized carbons (Fsp3) is 0.545. The lowest BCUT2D eigenvalue weighted by atomic mass is 10.1. The van der Waals surface area contributed by atoms with Crippen LogP contribution in [0.2, 0.25) is 0 Å². The zero-order valence-electron chi connectivity index (χ0n) is 10.0. The second-order valence-electron chi connectivity index (χ2n) is 3.73. The van der Waals surface area contributed by atoms with E-state index in [-0.39, 0.29) is 0 Å². The van der Waals surface area contributed by atoms with Crippen LogP contribution in [0.25, 0.3) is 0 Å². The first kappa shape index (κ1) is 15.5. The minimum Gasteiger partial charge on any atom is -0.475 e. The van der Waals surface area contributed by atoms with Crippen LogP contribution in [-0.4, -0.2) is 35.2 Å².